The number of carbonyl (C=O) groups excluding carboxylic acids is 1. The number of amides is 1. The van der Waals surface area contributed by atoms with E-state index in [2.05, 4.69) is 34.7 Å². The van der Waals surface area contributed by atoms with Gasteiger partial charge in [0.25, 0.3) is 5.91 Å². The van der Waals surface area contributed by atoms with Gasteiger partial charge in [-0.15, -0.1) is 0 Å². The van der Waals surface area contributed by atoms with E-state index in [9.17, 15) is 4.79 Å². The first kappa shape index (κ1) is 20.1. The Morgan fingerprint density at radius 3 is 2.56 bits per heavy atom. The minimum Gasteiger partial charge on any atom is -0.484 e. The third-order valence-corrected chi connectivity index (χ3v) is 6.11. The van der Waals surface area contributed by atoms with Gasteiger partial charge in [-0.05, 0) is 63.5 Å². The molecule has 0 spiro atoms. The molecule has 3 rings (SSSR count). The lowest BCUT2D eigenvalue weighted by molar-refractivity contribution is -0.119. The molecule has 1 aromatic carbocycles. The topological polar surface area (TPSA) is 62.0 Å². The summed E-state index contributed by atoms with van der Waals surface area (Å²) in [5.41, 5.74) is 6.37. The van der Waals surface area contributed by atoms with Crippen molar-refractivity contribution in [3.8, 4) is 5.75 Å². The molecule has 2 aliphatic heterocycles. The first-order valence-electron chi connectivity index (χ1n) is 10.2. The van der Waals surface area contributed by atoms with Crippen LogP contribution in [0.5, 0.6) is 5.75 Å². The van der Waals surface area contributed by atoms with Crippen molar-refractivity contribution in [3.05, 3.63) is 29.8 Å². The van der Waals surface area contributed by atoms with Crippen LogP contribution in [0.3, 0.4) is 0 Å². The Hall–Kier alpha value is -1.63. The van der Waals surface area contributed by atoms with E-state index in [4.69, 9.17) is 10.5 Å². The average Bonchev–Trinajstić information content (AvgIpc) is 2.67. The van der Waals surface area contributed by atoms with E-state index >= 15 is 0 Å². The van der Waals surface area contributed by atoms with E-state index in [-0.39, 0.29) is 6.61 Å². The number of rotatable bonds is 7. The molecular formula is C21H34N4O2. The van der Waals surface area contributed by atoms with Crippen molar-refractivity contribution in [2.75, 3.05) is 52.9 Å². The number of ether oxygens (including phenoxy) is 1. The zero-order valence-electron chi connectivity index (χ0n) is 16.8. The molecule has 6 nitrogen and oxygen atoms in total. The summed E-state index contributed by atoms with van der Waals surface area (Å²) < 4.78 is 5.42. The lowest BCUT2D eigenvalue weighted by Crippen LogP contribution is -2.51. The molecule has 150 valence electrons. The third kappa shape index (κ3) is 5.92. The van der Waals surface area contributed by atoms with Crippen LogP contribution in [0.4, 0.5) is 0 Å². The molecule has 0 radical (unpaired) electrons. The Morgan fingerprint density at radius 2 is 1.89 bits per heavy atom. The van der Waals surface area contributed by atoms with Crippen molar-refractivity contribution in [2.24, 2.45) is 11.7 Å². The number of carbonyl (C=O) groups is 1. The summed E-state index contributed by atoms with van der Waals surface area (Å²) >= 11 is 0. The standard InChI is InChI=1S/C21H34N4O2/c1-17(25-12-10-23(2)11-13-25)19-6-8-24(9-7-19)15-18-4-3-5-20(14-18)27-16-21(22)26/h3-5,14,17,19H,6-13,15-16H2,1-2H3,(H2,22,26)/t17-/m0/s1. The van der Waals surface area contributed by atoms with Crippen molar-refractivity contribution < 1.29 is 9.53 Å². The molecule has 2 saturated heterocycles. The zero-order valence-corrected chi connectivity index (χ0v) is 16.8. The van der Waals surface area contributed by atoms with Crippen LogP contribution < -0.4 is 10.5 Å². The van der Waals surface area contributed by atoms with E-state index in [0.29, 0.717) is 11.8 Å². The fraction of sp³-hybridized carbons (Fsp3) is 0.667. The van der Waals surface area contributed by atoms with E-state index in [0.717, 1.165) is 25.6 Å². The summed E-state index contributed by atoms with van der Waals surface area (Å²) in [5.74, 6) is 1.07. The van der Waals surface area contributed by atoms with Crippen molar-refractivity contribution in [3.63, 3.8) is 0 Å². The highest BCUT2D eigenvalue weighted by Gasteiger charge is 2.29. The van der Waals surface area contributed by atoms with Crippen molar-refractivity contribution in [2.45, 2.75) is 32.4 Å². The molecule has 2 fully saturated rings. The summed E-state index contributed by atoms with van der Waals surface area (Å²) in [7, 11) is 2.22. The number of piperazine rings is 1. The number of primary amides is 1. The van der Waals surface area contributed by atoms with Crippen LogP contribution >= 0.6 is 0 Å². The fourth-order valence-corrected chi connectivity index (χ4v) is 4.27. The molecule has 0 unspecified atom stereocenters. The van der Waals surface area contributed by atoms with E-state index < -0.39 is 5.91 Å². The maximum atomic E-state index is 10.9. The molecule has 0 bridgehead atoms. The number of benzene rings is 1. The summed E-state index contributed by atoms with van der Waals surface area (Å²) in [6.07, 6.45) is 2.54. The van der Waals surface area contributed by atoms with Gasteiger partial charge in [-0.3, -0.25) is 14.6 Å². The van der Waals surface area contributed by atoms with Crippen LogP contribution in [0.15, 0.2) is 24.3 Å². The number of piperidine rings is 1. The second-order valence-corrected chi connectivity index (χ2v) is 8.10. The molecule has 27 heavy (non-hydrogen) atoms. The minimum atomic E-state index is -0.447. The molecule has 2 N–H and O–H groups in total. The molecule has 1 amide bonds. The van der Waals surface area contributed by atoms with Crippen LogP contribution in [0.2, 0.25) is 0 Å². The molecule has 0 aliphatic carbocycles. The number of hydrogen-bond donors (Lipinski definition) is 1. The Kier molecular flexibility index (Phi) is 7.10. The maximum absolute atomic E-state index is 10.9. The first-order valence-corrected chi connectivity index (χ1v) is 10.2. The smallest absolute Gasteiger partial charge is 0.255 e. The molecule has 1 aromatic rings. The summed E-state index contributed by atoms with van der Waals surface area (Å²) in [6, 6.07) is 8.67. The summed E-state index contributed by atoms with van der Waals surface area (Å²) in [5, 5.41) is 0. The lowest BCUT2D eigenvalue weighted by atomic mass is 9.89. The number of hydrogen-bond acceptors (Lipinski definition) is 5. The maximum Gasteiger partial charge on any atom is 0.255 e. The van der Waals surface area contributed by atoms with Gasteiger partial charge in [0.15, 0.2) is 6.61 Å². The highest BCUT2D eigenvalue weighted by atomic mass is 16.5. The number of nitrogens with two attached hydrogens (primary N) is 1. The second kappa shape index (κ2) is 9.53. The minimum absolute atomic E-state index is 0.0704. The monoisotopic (exact) mass is 374 g/mol. The van der Waals surface area contributed by atoms with Gasteiger partial charge in [0.1, 0.15) is 5.75 Å². The van der Waals surface area contributed by atoms with Crippen molar-refractivity contribution in [1.82, 2.24) is 14.7 Å². The van der Waals surface area contributed by atoms with Gasteiger partial charge in [-0.2, -0.15) is 0 Å². The van der Waals surface area contributed by atoms with E-state index in [1.807, 2.05) is 18.2 Å². The van der Waals surface area contributed by atoms with Gasteiger partial charge in [0.2, 0.25) is 0 Å². The lowest BCUT2D eigenvalue weighted by Gasteiger charge is -2.42. The zero-order chi connectivity index (χ0) is 19.2. The normalized spacial score (nSPS) is 21.9. The number of likely N-dealkylation sites (tertiary alicyclic amines) is 1. The Balaban J connectivity index is 1.45. The van der Waals surface area contributed by atoms with Crippen LogP contribution in [0.25, 0.3) is 0 Å². The van der Waals surface area contributed by atoms with Crippen LogP contribution in [0, 0.1) is 5.92 Å². The second-order valence-electron chi connectivity index (χ2n) is 8.10. The van der Waals surface area contributed by atoms with Gasteiger partial charge in [0, 0.05) is 38.8 Å². The van der Waals surface area contributed by atoms with Crippen molar-refractivity contribution in [1.29, 1.82) is 0 Å². The van der Waals surface area contributed by atoms with Crippen molar-refractivity contribution >= 4 is 5.91 Å². The molecule has 2 heterocycles. The van der Waals surface area contributed by atoms with Gasteiger partial charge in [-0.1, -0.05) is 12.1 Å². The van der Waals surface area contributed by atoms with Gasteiger partial charge < -0.3 is 15.4 Å². The molecule has 0 aromatic heterocycles. The van der Waals surface area contributed by atoms with Crippen LogP contribution in [-0.2, 0) is 11.3 Å². The SMILES string of the molecule is C[C@@H](C1CCN(Cc2cccc(OCC(N)=O)c2)CC1)N1CCN(C)CC1. The summed E-state index contributed by atoms with van der Waals surface area (Å²) in [4.78, 5) is 18.5. The van der Waals surface area contributed by atoms with Gasteiger partial charge in [-0.25, -0.2) is 0 Å². The third-order valence-electron chi connectivity index (χ3n) is 6.11. The van der Waals surface area contributed by atoms with Crippen LogP contribution in [0.1, 0.15) is 25.3 Å². The Bertz CT molecular complexity index is 608. The summed E-state index contributed by atoms with van der Waals surface area (Å²) in [6.45, 7) is 10.4. The van der Waals surface area contributed by atoms with Gasteiger partial charge >= 0.3 is 0 Å². The van der Waals surface area contributed by atoms with E-state index in [1.54, 1.807) is 0 Å². The van der Waals surface area contributed by atoms with Gasteiger partial charge in [0.05, 0.1) is 0 Å². The Labute approximate surface area is 163 Å². The molecule has 6 heteroatoms. The predicted molar refractivity (Wildman–Crippen MR) is 108 cm³/mol. The largest absolute Gasteiger partial charge is 0.484 e. The van der Waals surface area contributed by atoms with E-state index in [1.165, 1.54) is 44.6 Å². The molecule has 1 atom stereocenters. The number of likely N-dealkylation sites (N-methyl/N-ethyl adjacent to an activating group) is 1. The highest BCUT2D eigenvalue weighted by Crippen LogP contribution is 2.26. The molecular weight excluding hydrogens is 340 g/mol. The quantitative estimate of drug-likeness (QED) is 0.782. The fourth-order valence-electron chi connectivity index (χ4n) is 4.27. The predicted octanol–water partition coefficient (Wildman–Crippen LogP) is 1.40. The number of nitrogens with zero attached hydrogens (tertiary/aromatic N) is 3. The van der Waals surface area contributed by atoms with Crippen LogP contribution in [-0.4, -0.2) is 79.6 Å². The average molecular weight is 375 g/mol. The molecule has 2 aliphatic rings. The highest BCUT2D eigenvalue weighted by molar-refractivity contribution is 5.75. The first-order chi connectivity index (χ1) is 13.0. The Morgan fingerprint density at radius 1 is 1.19 bits per heavy atom. The molecule has 0 saturated carbocycles.